The number of aryl methyl sites for hydroxylation is 1. The number of carbonyl (C=O) groups is 1. The molecule has 0 bridgehead atoms. The highest BCUT2D eigenvalue weighted by Gasteiger charge is 2.23. The van der Waals surface area contributed by atoms with Crippen LogP contribution in [0.25, 0.3) is 0 Å². The molecular formula is C15H12Cl2N6O3. The Bertz CT molecular complexity index is 997. The van der Waals surface area contributed by atoms with Crippen molar-refractivity contribution in [2.45, 2.75) is 13.5 Å². The van der Waals surface area contributed by atoms with Crippen LogP contribution in [-0.2, 0) is 6.54 Å². The van der Waals surface area contributed by atoms with E-state index in [1.54, 1.807) is 22.9 Å². The number of hydrogen-bond acceptors (Lipinski definition) is 5. The third-order valence-electron chi connectivity index (χ3n) is 3.58. The second kappa shape index (κ2) is 7.14. The van der Waals surface area contributed by atoms with Crippen LogP contribution >= 0.6 is 23.2 Å². The predicted octanol–water partition coefficient (Wildman–Crippen LogP) is 3.43. The minimum Gasteiger partial charge on any atom is -0.304 e. The molecule has 1 aromatic carbocycles. The first-order valence-electron chi connectivity index (χ1n) is 7.32. The topological polar surface area (TPSA) is 119 Å². The number of H-pyrrole nitrogens is 1. The average Bonchev–Trinajstić information content (AvgIpc) is 3.18. The number of nitrogens with one attached hydrogen (secondary N) is 2. The van der Waals surface area contributed by atoms with Gasteiger partial charge in [-0.25, -0.2) is 0 Å². The summed E-state index contributed by atoms with van der Waals surface area (Å²) in [6.45, 7) is 2.24. The molecular weight excluding hydrogens is 383 g/mol. The summed E-state index contributed by atoms with van der Waals surface area (Å²) in [6.07, 6.45) is 0.975. The number of nitrogens with zero attached hydrogens (tertiary/aromatic N) is 4. The van der Waals surface area contributed by atoms with Gasteiger partial charge in [-0.2, -0.15) is 10.2 Å². The van der Waals surface area contributed by atoms with E-state index in [9.17, 15) is 14.9 Å². The van der Waals surface area contributed by atoms with Crippen molar-refractivity contribution in [1.29, 1.82) is 0 Å². The third-order valence-corrected chi connectivity index (χ3v) is 4.32. The highest BCUT2D eigenvalue weighted by Crippen LogP contribution is 2.23. The first kappa shape index (κ1) is 17.9. The van der Waals surface area contributed by atoms with Gasteiger partial charge in [0.2, 0.25) is 5.69 Å². The first-order chi connectivity index (χ1) is 12.3. The number of rotatable bonds is 5. The van der Waals surface area contributed by atoms with E-state index in [1.165, 1.54) is 0 Å². The Morgan fingerprint density at radius 3 is 2.81 bits per heavy atom. The quantitative estimate of drug-likeness (QED) is 0.507. The van der Waals surface area contributed by atoms with Crippen molar-refractivity contribution in [2.24, 2.45) is 0 Å². The predicted molar refractivity (Wildman–Crippen MR) is 95.7 cm³/mol. The minimum atomic E-state index is -0.701. The van der Waals surface area contributed by atoms with Gasteiger partial charge in [-0.1, -0.05) is 29.3 Å². The number of nitro groups is 1. The van der Waals surface area contributed by atoms with Gasteiger partial charge in [0.25, 0.3) is 5.91 Å². The maximum absolute atomic E-state index is 12.2. The molecule has 0 spiro atoms. The largest absolute Gasteiger partial charge is 0.319 e. The highest BCUT2D eigenvalue weighted by molar-refractivity contribution is 6.42. The zero-order valence-corrected chi connectivity index (χ0v) is 14.9. The van der Waals surface area contributed by atoms with Crippen molar-refractivity contribution in [3.63, 3.8) is 0 Å². The van der Waals surface area contributed by atoms with E-state index in [2.05, 4.69) is 20.6 Å². The molecule has 0 radical (unpaired) electrons. The number of carbonyl (C=O) groups excluding carboxylic acids is 1. The molecule has 26 heavy (non-hydrogen) atoms. The fourth-order valence-electron chi connectivity index (χ4n) is 2.31. The molecule has 2 N–H and O–H groups in total. The zero-order chi connectivity index (χ0) is 18.8. The van der Waals surface area contributed by atoms with E-state index in [0.717, 1.165) is 17.5 Å². The third kappa shape index (κ3) is 3.68. The number of hydrogen-bond donors (Lipinski definition) is 2. The summed E-state index contributed by atoms with van der Waals surface area (Å²) >= 11 is 11.9. The zero-order valence-electron chi connectivity index (χ0n) is 13.4. The van der Waals surface area contributed by atoms with Gasteiger partial charge in [0, 0.05) is 11.8 Å². The molecule has 0 aliphatic heterocycles. The fraction of sp³-hybridized carbons (Fsp3) is 0.133. The van der Waals surface area contributed by atoms with Crippen LogP contribution in [0.15, 0.2) is 30.5 Å². The SMILES string of the molecule is Cc1cc(NC(=O)c2[nH]ncc2[N+](=O)[O-])nn1Cc1ccc(Cl)c(Cl)c1. The van der Waals surface area contributed by atoms with E-state index in [0.29, 0.717) is 16.6 Å². The molecule has 0 atom stereocenters. The van der Waals surface area contributed by atoms with Crippen molar-refractivity contribution >= 4 is 40.6 Å². The summed E-state index contributed by atoms with van der Waals surface area (Å²) < 4.78 is 1.66. The lowest BCUT2D eigenvalue weighted by molar-refractivity contribution is -0.385. The van der Waals surface area contributed by atoms with Crippen LogP contribution in [0.3, 0.4) is 0 Å². The molecule has 0 fully saturated rings. The number of aromatic nitrogens is 4. The molecule has 0 saturated heterocycles. The van der Waals surface area contributed by atoms with Crippen LogP contribution in [0, 0.1) is 17.0 Å². The van der Waals surface area contributed by atoms with Crippen molar-refractivity contribution in [1.82, 2.24) is 20.0 Å². The molecule has 3 rings (SSSR count). The smallest absolute Gasteiger partial charge is 0.304 e. The van der Waals surface area contributed by atoms with Crippen molar-refractivity contribution in [2.75, 3.05) is 5.32 Å². The Kier molecular flexibility index (Phi) is 4.92. The minimum absolute atomic E-state index is 0.244. The van der Waals surface area contributed by atoms with Crippen LogP contribution < -0.4 is 5.32 Å². The van der Waals surface area contributed by atoms with Gasteiger partial charge < -0.3 is 5.32 Å². The van der Waals surface area contributed by atoms with Crippen LogP contribution in [0.1, 0.15) is 21.7 Å². The van der Waals surface area contributed by atoms with Gasteiger partial charge in [0.05, 0.1) is 21.5 Å². The summed E-state index contributed by atoms with van der Waals surface area (Å²) in [5, 5.41) is 24.4. The molecule has 3 aromatic rings. The van der Waals surface area contributed by atoms with Gasteiger partial charge in [-0.15, -0.1) is 0 Å². The van der Waals surface area contributed by atoms with Gasteiger partial charge in [-0.3, -0.25) is 24.7 Å². The molecule has 0 aliphatic rings. The Labute approximate surface area is 157 Å². The van der Waals surface area contributed by atoms with Gasteiger partial charge in [-0.05, 0) is 24.6 Å². The van der Waals surface area contributed by atoms with E-state index in [-0.39, 0.29) is 11.5 Å². The number of benzene rings is 1. The Hall–Kier alpha value is -2.91. The second-order valence-corrected chi connectivity index (χ2v) is 6.23. The Balaban J connectivity index is 1.77. The maximum Gasteiger partial charge on any atom is 0.319 e. The summed E-state index contributed by atoms with van der Waals surface area (Å²) in [5.41, 5.74) is 1.01. The molecule has 0 aliphatic carbocycles. The number of amides is 1. The molecule has 134 valence electrons. The van der Waals surface area contributed by atoms with Crippen LogP contribution in [0.4, 0.5) is 11.5 Å². The summed E-state index contributed by atoms with van der Waals surface area (Å²) in [7, 11) is 0. The van der Waals surface area contributed by atoms with Gasteiger partial charge in [0.1, 0.15) is 6.20 Å². The monoisotopic (exact) mass is 394 g/mol. The van der Waals surface area contributed by atoms with Crippen molar-refractivity contribution in [3.8, 4) is 0 Å². The molecule has 9 nitrogen and oxygen atoms in total. The lowest BCUT2D eigenvalue weighted by Gasteiger charge is -2.06. The number of anilines is 1. The van der Waals surface area contributed by atoms with E-state index >= 15 is 0 Å². The van der Waals surface area contributed by atoms with E-state index < -0.39 is 16.5 Å². The first-order valence-corrected chi connectivity index (χ1v) is 8.08. The van der Waals surface area contributed by atoms with Crippen LogP contribution in [-0.4, -0.2) is 30.8 Å². The van der Waals surface area contributed by atoms with Gasteiger partial charge in [0.15, 0.2) is 5.82 Å². The van der Waals surface area contributed by atoms with Gasteiger partial charge >= 0.3 is 5.69 Å². The van der Waals surface area contributed by atoms with Crippen molar-refractivity contribution in [3.05, 3.63) is 67.6 Å². The molecule has 11 heteroatoms. The Morgan fingerprint density at radius 2 is 2.12 bits per heavy atom. The number of aromatic amines is 1. The molecule has 0 saturated carbocycles. The van der Waals surface area contributed by atoms with E-state index in [1.807, 2.05) is 13.0 Å². The average molecular weight is 395 g/mol. The maximum atomic E-state index is 12.2. The molecule has 2 aromatic heterocycles. The standard InChI is InChI=1S/C15H12Cl2N6O3/c1-8-4-13(19-15(24)14-12(23(25)26)6-18-20-14)21-22(8)7-9-2-3-10(16)11(17)5-9/h2-6H,7H2,1H3,(H,18,20)(H,19,21,24). The lowest BCUT2D eigenvalue weighted by Crippen LogP contribution is -2.15. The number of halogens is 2. The summed E-state index contributed by atoms with van der Waals surface area (Å²) in [4.78, 5) is 22.4. The Morgan fingerprint density at radius 1 is 1.35 bits per heavy atom. The lowest BCUT2D eigenvalue weighted by atomic mass is 10.2. The second-order valence-electron chi connectivity index (χ2n) is 5.42. The van der Waals surface area contributed by atoms with E-state index in [4.69, 9.17) is 23.2 Å². The summed E-state index contributed by atoms with van der Waals surface area (Å²) in [6, 6.07) is 6.90. The molecule has 2 heterocycles. The molecule has 1 amide bonds. The normalized spacial score (nSPS) is 10.7. The van der Waals surface area contributed by atoms with Crippen molar-refractivity contribution < 1.29 is 9.72 Å². The van der Waals surface area contributed by atoms with Crippen LogP contribution in [0.2, 0.25) is 10.0 Å². The fourth-order valence-corrected chi connectivity index (χ4v) is 2.63. The van der Waals surface area contributed by atoms with Crippen LogP contribution in [0.5, 0.6) is 0 Å². The molecule has 0 unspecified atom stereocenters. The highest BCUT2D eigenvalue weighted by atomic mass is 35.5. The summed E-state index contributed by atoms with van der Waals surface area (Å²) in [5.74, 6) is -0.440.